The zero-order valence-electron chi connectivity index (χ0n) is 13.5. The highest BCUT2D eigenvalue weighted by atomic mass is 14.9. The summed E-state index contributed by atoms with van der Waals surface area (Å²) >= 11 is 0. The third-order valence-corrected chi connectivity index (χ3v) is 5.03. The summed E-state index contributed by atoms with van der Waals surface area (Å²) in [5.74, 6) is 2.17. The van der Waals surface area contributed by atoms with Crippen molar-refractivity contribution in [3.05, 3.63) is 23.8 Å². The van der Waals surface area contributed by atoms with E-state index in [0.29, 0.717) is 11.8 Å². The molecule has 2 heteroatoms. The van der Waals surface area contributed by atoms with Crippen molar-refractivity contribution in [3.8, 4) is 0 Å². The van der Waals surface area contributed by atoms with E-state index >= 15 is 0 Å². The first kappa shape index (κ1) is 16.1. The fraction of sp³-hybridized carbons (Fsp3) is 0.765. The third-order valence-electron chi connectivity index (χ3n) is 5.03. The molecule has 2 unspecified atom stereocenters. The molecule has 2 atom stereocenters. The first-order valence-electron chi connectivity index (χ1n) is 7.84. The second-order valence-corrected chi connectivity index (χ2v) is 6.00. The van der Waals surface area contributed by atoms with Gasteiger partial charge in [-0.1, -0.05) is 48.0 Å². The predicted molar refractivity (Wildman–Crippen MR) is 82.5 cm³/mol. The molecule has 2 nitrogen and oxygen atoms in total. The Morgan fingerprint density at radius 3 is 1.89 bits per heavy atom. The molecule has 1 aromatic heterocycles. The minimum Gasteiger partial charge on any atom is -0.241 e. The van der Waals surface area contributed by atoms with Gasteiger partial charge in [0.15, 0.2) is 0 Å². The Labute approximate surface area is 119 Å². The van der Waals surface area contributed by atoms with E-state index in [2.05, 4.69) is 63.9 Å². The number of nitrogens with zero attached hydrogens (tertiary/aromatic N) is 2. The first-order valence-corrected chi connectivity index (χ1v) is 7.84. The Kier molecular flexibility index (Phi) is 5.96. The van der Waals surface area contributed by atoms with Crippen molar-refractivity contribution in [2.45, 2.75) is 78.6 Å². The molecule has 0 N–H and O–H groups in total. The Morgan fingerprint density at radius 2 is 1.53 bits per heavy atom. The topological polar surface area (TPSA) is 25.8 Å². The molecule has 0 saturated carbocycles. The molecule has 1 rings (SSSR count). The smallest absolute Gasteiger partial charge is 0.131 e. The molecule has 0 spiro atoms. The minimum atomic E-state index is 0.219. The molecule has 108 valence electrons. The third kappa shape index (κ3) is 3.55. The molecule has 0 bridgehead atoms. The zero-order valence-corrected chi connectivity index (χ0v) is 13.5. The molecule has 1 aromatic rings. The lowest BCUT2D eigenvalue weighted by atomic mass is 9.79. The normalized spacial score (nSPS) is 15.3. The van der Waals surface area contributed by atoms with Crippen molar-refractivity contribution in [2.75, 3.05) is 0 Å². The molecule has 0 aliphatic heterocycles. The van der Waals surface area contributed by atoms with E-state index in [1.165, 1.54) is 12.0 Å². The van der Waals surface area contributed by atoms with Crippen LogP contribution in [0.3, 0.4) is 0 Å². The van der Waals surface area contributed by atoms with Crippen LogP contribution in [-0.4, -0.2) is 9.97 Å². The van der Waals surface area contributed by atoms with Gasteiger partial charge in [-0.15, -0.1) is 0 Å². The first-order chi connectivity index (χ1) is 9.02. The lowest BCUT2D eigenvalue weighted by molar-refractivity contribution is 0.410. The molecular formula is C17H30N2. The second-order valence-electron chi connectivity index (χ2n) is 6.00. The molecule has 0 aliphatic carbocycles. The van der Waals surface area contributed by atoms with Crippen LogP contribution in [0.4, 0.5) is 0 Å². The van der Waals surface area contributed by atoms with Gasteiger partial charge in [-0.3, -0.25) is 0 Å². The molecule has 0 radical (unpaired) electrons. The minimum absolute atomic E-state index is 0.219. The fourth-order valence-electron chi connectivity index (χ4n) is 2.62. The summed E-state index contributed by atoms with van der Waals surface area (Å²) in [4.78, 5) is 9.34. The van der Waals surface area contributed by atoms with Gasteiger partial charge in [0.1, 0.15) is 5.82 Å². The predicted octanol–water partition coefficient (Wildman–Crippen LogP) is 5.09. The van der Waals surface area contributed by atoms with Gasteiger partial charge in [-0.25, -0.2) is 9.97 Å². The van der Waals surface area contributed by atoms with E-state index in [-0.39, 0.29) is 5.41 Å². The number of hydrogen-bond donors (Lipinski definition) is 0. The molecule has 19 heavy (non-hydrogen) atoms. The monoisotopic (exact) mass is 262 g/mol. The Balaban J connectivity index is 2.98. The van der Waals surface area contributed by atoms with Gasteiger partial charge in [0, 0.05) is 18.3 Å². The number of rotatable bonds is 7. The van der Waals surface area contributed by atoms with Gasteiger partial charge in [0.05, 0.1) is 0 Å². The van der Waals surface area contributed by atoms with E-state index in [1.807, 2.05) is 0 Å². The van der Waals surface area contributed by atoms with Gasteiger partial charge in [0.2, 0.25) is 0 Å². The quantitative estimate of drug-likeness (QED) is 0.683. The maximum absolute atomic E-state index is 4.67. The standard InChI is InChI=1S/C17H30N2/c1-7-13(5)15(8-2)16-18-11-14(12-19-16)17(6,9-3)10-4/h11-13,15H,7-10H2,1-6H3. The fourth-order valence-corrected chi connectivity index (χ4v) is 2.62. The van der Waals surface area contributed by atoms with Gasteiger partial charge in [-0.2, -0.15) is 0 Å². The van der Waals surface area contributed by atoms with Gasteiger partial charge in [-0.05, 0) is 36.2 Å². The van der Waals surface area contributed by atoms with Crippen LogP contribution in [0.2, 0.25) is 0 Å². The van der Waals surface area contributed by atoms with Crippen molar-refractivity contribution < 1.29 is 0 Å². The van der Waals surface area contributed by atoms with Crippen LogP contribution < -0.4 is 0 Å². The number of aromatic nitrogens is 2. The van der Waals surface area contributed by atoms with E-state index < -0.39 is 0 Å². The number of hydrogen-bond acceptors (Lipinski definition) is 2. The van der Waals surface area contributed by atoms with E-state index in [4.69, 9.17) is 0 Å². The van der Waals surface area contributed by atoms with Crippen LogP contribution in [0.1, 0.15) is 84.5 Å². The summed E-state index contributed by atoms with van der Waals surface area (Å²) in [7, 11) is 0. The van der Waals surface area contributed by atoms with Crippen LogP contribution in [0, 0.1) is 5.92 Å². The average Bonchev–Trinajstić information content (AvgIpc) is 2.47. The maximum atomic E-state index is 4.67. The summed E-state index contributed by atoms with van der Waals surface area (Å²) in [6.45, 7) is 13.6. The van der Waals surface area contributed by atoms with Crippen LogP contribution in [0.5, 0.6) is 0 Å². The van der Waals surface area contributed by atoms with Crippen molar-refractivity contribution in [3.63, 3.8) is 0 Å². The second kappa shape index (κ2) is 7.02. The molecule has 0 aromatic carbocycles. The molecule has 1 heterocycles. The maximum Gasteiger partial charge on any atom is 0.131 e. The van der Waals surface area contributed by atoms with E-state index in [1.54, 1.807) is 0 Å². The summed E-state index contributed by atoms with van der Waals surface area (Å²) in [6.07, 6.45) is 8.68. The molecule has 0 amide bonds. The highest BCUT2D eigenvalue weighted by Crippen LogP contribution is 2.32. The molecular weight excluding hydrogens is 232 g/mol. The summed E-state index contributed by atoms with van der Waals surface area (Å²) in [6, 6.07) is 0. The SMILES string of the molecule is CCC(C)C(CC)c1ncc(C(C)(CC)CC)cn1. The van der Waals surface area contributed by atoms with Gasteiger partial charge >= 0.3 is 0 Å². The van der Waals surface area contributed by atoms with Crippen LogP contribution >= 0.6 is 0 Å². The Bertz CT molecular complexity index is 365. The summed E-state index contributed by atoms with van der Waals surface area (Å²) in [5, 5.41) is 0. The van der Waals surface area contributed by atoms with Crippen LogP contribution in [0.25, 0.3) is 0 Å². The van der Waals surface area contributed by atoms with Gasteiger partial charge < -0.3 is 0 Å². The van der Waals surface area contributed by atoms with Crippen LogP contribution in [-0.2, 0) is 5.41 Å². The van der Waals surface area contributed by atoms with E-state index in [9.17, 15) is 0 Å². The average molecular weight is 262 g/mol. The molecule has 0 saturated heterocycles. The Hall–Kier alpha value is -0.920. The highest BCUT2D eigenvalue weighted by molar-refractivity contribution is 5.18. The van der Waals surface area contributed by atoms with Crippen molar-refractivity contribution in [1.82, 2.24) is 9.97 Å². The lowest BCUT2D eigenvalue weighted by Gasteiger charge is -2.27. The highest BCUT2D eigenvalue weighted by Gasteiger charge is 2.24. The molecule has 0 fully saturated rings. The van der Waals surface area contributed by atoms with Crippen molar-refractivity contribution in [2.24, 2.45) is 5.92 Å². The van der Waals surface area contributed by atoms with E-state index in [0.717, 1.165) is 25.1 Å². The summed E-state index contributed by atoms with van der Waals surface area (Å²) in [5.41, 5.74) is 1.50. The zero-order chi connectivity index (χ0) is 14.5. The van der Waals surface area contributed by atoms with Crippen molar-refractivity contribution in [1.29, 1.82) is 0 Å². The summed E-state index contributed by atoms with van der Waals surface area (Å²) < 4.78 is 0. The van der Waals surface area contributed by atoms with Crippen molar-refractivity contribution >= 4 is 0 Å². The van der Waals surface area contributed by atoms with Gasteiger partial charge in [0.25, 0.3) is 0 Å². The van der Waals surface area contributed by atoms with Crippen LogP contribution in [0.15, 0.2) is 12.4 Å². The largest absolute Gasteiger partial charge is 0.241 e. The molecule has 0 aliphatic rings. The lowest BCUT2D eigenvalue weighted by Crippen LogP contribution is -2.21. The Morgan fingerprint density at radius 1 is 1.00 bits per heavy atom.